The van der Waals surface area contributed by atoms with Gasteiger partial charge in [-0.3, -0.25) is 9.78 Å². The van der Waals surface area contributed by atoms with E-state index in [1.54, 1.807) is 24.5 Å². The fourth-order valence-electron chi connectivity index (χ4n) is 2.10. The van der Waals surface area contributed by atoms with Gasteiger partial charge in [-0.2, -0.15) is 0 Å². The van der Waals surface area contributed by atoms with Crippen LogP contribution in [-0.4, -0.2) is 17.4 Å². The molecule has 1 amide bonds. The van der Waals surface area contributed by atoms with Crippen molar-refractivity contribution in [1.82, 2.24) is 4.98 Å². The molecule has 0 bridgehead atoms. The predicted octanol–water partition coefficient (Wildman–Crippen LogP) is 3.55. The minimum Gasteiger partial charge on any atom is -0.380 e. The SMILES string of the molecule is C=CCNc1cncc(C(=O)Nc2cc(C)cc(C)c2)c1. The molecule has 0 saturated carbocycles. The number of aromatic nitrogens is 1. The molecule has 0 fully saturated rings. The van der Waals surface area contributed by atoms with Crippen molar-refractivity contribution in [3.05, 3.63) is 66.0 Å². The van der Waals surface area contributed by atoms with Crippen LogP contribution in [0.2, 0.25) is 0 Å². The highest BCUT2D eigenvalue weighted by molar-refractivity contribution is 6.04. The van der Waals surface area contributed by atoms with Gasteiger partial charge in [0.15, 0.2) is 0 Å². The van der Waals surface area contributed by atoms with E-state index in [9.17, 15) is 4.79 Å². The summed E-state index contributed by atoms with van der Waals surface area (Å²) in [7, 11) is 0. The van der Waals surface area contributed by atoms with Crippen LogP contribution < -0.4 is 10.6 Å². The van der Waals surface area contributed by atoms with Crippen LogP contribution in [0.15, 0.2) is 49.3 Å². The number of aryl methyl sites for hydroxylation is 2. The van der Waals surface area contributed by atoms with Gasteiger partial charge in [0.2, 0.25) is 0 Å². The Morgan fingerprint density at radius 1 is 1.14 bits per heavy atom. The Hall–Kier alpha value is -2.62. The van der Waals surface area contributed by atoms with Crippen LogP contribution in [0.1, 0.15) is 21.5 Å². The third kappa shape index (κ3) is 4.18. The third-order valence-corrected chi connectivity index (χ3v) is 2.93. The molecule has 0 saturated heterocycles. The quantitative estimate of drug-likeness (QED) is 0.824. The summed E-state index contributed by atoms with van der Waals surface area (Å²) in [6.07, 6.45) is 4.98. The Balaban J connectivity index is 2.14. The van der Waals surface area contributed by atoms with Crippen molar-refractivity contribution in [2.75, 3.05) is 17.2 Å². The van der Waals surface area contributed by atoms with Crippen molar-refractivity contribution in [2.24, 2.45) is 0 Å². The molecule has 0 aliphatic heterocycles. The summed E-state index contributed by atoms with van der Waals surface area (Å²) in [6, 6.07) is 7.72. The van der Waals surface area contributed by atoms with Crippen LogP contribution in [0, 0.1) is 13.8 Å². The summed E-state index contributed by atoms with van der Waals surface area (Å²) in [5, 5.41) is 6.01. The van der Waals surface area contributed by atoms with Gasteiger partial charge < -0.3 is 10.6 Å². The van der Waals surface area contributed by atoms with E-state index in [1.165, 1.54) is 0 Å². The summed E-state index contributed by atoms with van der Waals surface area (Å²) in [5.74, 6) is -0.172. The highest BCUT2D eigenvalue weighted by Crippen LogP contribution is 2.16. The number of benzene rings is 1. The van der Waals surface area contributed by atoms with Crippen molar-refractivity contribution >= 4 is 17.3 Å². The average molecular weight is 281 g/mol. The van der Waals surface area contributed by atoms with Gasteiger partial charge >= 0.3 is 0 Å². The van der Waals surface area contributed by atoms with E-state index in [2.05, 4.69) is 28.3 Å². The van der Waals surface area contributed by atoms with E-state index in [-0.39, 0.29) is 5.91 Å². The van der Waals surface area contributed by atoms with Gasteiger partial charge in [-0.25, -0.2) is 0 Å². The largest absolute Gasteiger partial charge is 0.380 e. The molecule has 1 aromatic carbocycles. The van der Waals surface area contributed by atoms with Crippen LogP contribution in [0.5, 0.6) is 0 Å². The van der Waals surface area contributed by atoms with E-state index in [1.807, 2.05) is 26.0 Å². The molecule has 2 aromatic rings. The van der Waals surface area contributed by atoms with Gasteiger partial charge in [0, 0.05) is 24.6 Å². The molecule has 4 heteroatoms. The number of carbonyl (C=O) groups excluding carboxylic acids is 1. The number of hydrogen-bond donors (Lipinski definition) is 2. The summed E-state index contributed by atoms with van der Waals surface area (Å²) in [4.78, 5) is 16.3. The Kier molecular flexibility index (Phi) is 4.72. The molecular weight excluding hydrogens is 262 g/mol. The zero-order valence-corrected chi connectivity index (χ0v) is 12.3. The van der Waals surface area contributed by atoms with E-state index in [0.29, 0.717) is 12.1 Å². The molecule has 0 aliphatic rings. The van der Waals surface area contributed by atoms with Crippen LogP contribution in [0.25, 0.3) is 0 Å². The molecule has 0 aliphatic carbocycles. The number of anilines is 2. The molecule has 2 rings (SSSR count). The lowest BCUT2D eigenvalue weighted by Gasteiger charge is -2.09. The molecule has 0 radical (unpaired) electrons. The molecule has 108 valence electrons. The first kappa shape index (κ1) is 14.8. The summed E-state index contributed by atoms with van der Waals surface area (Å²) in [6.45, 7) is 8.28. The first-order chi connectivity index (χ1) is 10.1. The minimum atomic E-state index is -0.172. The van der Waals surface area contributed by atoms with E-state index in [0.717, 1.165) is 22.5 Å². The summed E-state index contributed by atoms with van der Waals surface area (Å²) < 4.78 is 0. The first-order valence-corrected chi connectivity index (χ1v) is 6.78. The molecular formula is C17H19N3O. The Labute approximate surface area is 124 Å². The average Bonchev–Trinajstić information content (AvgIpc) is 2.44. The number of rotatable bonds is 5. The molecule has 4 nitrogen and oxygen atoms in total. The maximum absolute atomic E-state index is 12.3. The third-order valence-electron chi connectivity index (χ3n) is 2.93. The second-order valence-electron chi connectivity index (χ2n) is 4.96. The maximum atomic E-state index is 12.3. The Morgan fingerprint density at radius 2 is 1.86 bits per heavy atom. The molecule has 21 heavy (non-hydrogen) atoms. The topological polar surface area (TPSA) is 54.0 Å². The van der Waals surface area contributed by atoms with Gasteiger partial charge in [0.1, 0.15) is 0 Å². The van der Waals surface area contributed by atoms with Gasteiger partial charge in [-0.15, -0.1) is 6.58 Å². The monoisotopic (exact) mass is 281 g/mol. The van der Waals surface area contributed by atoms with Crippen LogP contribution in [0.4, 0.5) is 11.4 Å². The minimum absolute atomic E-state index is 0.172. The molecule has 2 N–H and O–H groups in total. The predicted molar refractivity (Wildman–Crippen MR) is 86.8 cm³/mol. The number of nitrogens with one attached hydrogen (secondary N) is 2. The molecule has 0 spiro atoms. The van der Waals surface area contributed by atoms with Crippen LogP contribution in [0.3, 0.4) is 0 Å². The number of pyridine rings is 1. The number of carbonyl (C=O) groups is 1. The zero-order valence-electron chi connectivity index (χ0n) is 12.3. The van der Waals surface area contributed by atoms with Gasteiger partial charge in [0.05, 0.1) is 11.3 Å². The van der Waals surface area contributed by atoms with Gasteiger partial charge in [-0.1, -0.05) is 12.1 Å². The Morgan fingerprint density at radius 3 is 2.52 bits per heavy atom. The lowest BCUT2D eigenvalue weighted by atomic mass is 10.1. The van der Waals surface area contributed by atoms with Crippen LogP contribution >= 0.6 is 0 Å². The highest BCUT2D eigenvalue weighted by Gasteiger charge is 2.08. The first-order valence-electron chi connectivity index (χ1n) is 6.78. The zero-order chi connectivity index (χ0) is 15.2. The second-order valence-corrected chi connectivity index (χ2v) is 4.96. The number of amides is 1. The highest BCUT2D eigenvalue weighted by atomic mass is 16.1. The fraction of sp³-hybridized carbons (Fsp3) is 0.176. The van der Waals surface area contributed by atoms with E-state index in [4.69, 9.17) is 0 Å². The normalized spacial score (nSPS) is 10.0. The molecule has 1 aromatic heterocycles. The molecule has 0 atom stereocenters. The smallest absolute Gasteiger partial charge is 0.257 e. The number of nitrogens with zero attached hydrogens (tertiary/aromatic N) is 1. The van der Waals surface area contributed by atoms with Gasteiger partial charge in [-0.05, 0) is 43.2 Å². The van der Waals surface area contributed by atoms with Crippen LogP contribution in [-0.2, 0) is 0 Å². The van der Waals surface area contributed by atoms with Crippen molar-refractivity contribution in [3.8, 4) is 0 Å². The van der Waals surface area contributed by atoms with Gasteiger partial charge in [0.25, 0.3) is 5.91 Å². The van der Waals surface area contributed by atoms with E-state index >= 15 is 0 Å². The lowest BCUT2D eigenvalue weighted by molar-refractivity contribution is 0.102. The summed E-state index contributed by atoms with van der Waals surface area (Å²) in [5.41, 5.74) is 4.34. The summed E-state index contributed by atoms with van der Waals surface area (Å²) >= 11 is 0. The van der Waals surface area contributed by atoms with Crippen molar-refractivity contribution in [3.63, 3.8) is 0 Å². The van der Waals surface area contributed by atoms with E-state index < -0.39 is 0 Å². The second kappa shape index (κ2) is 6.70. The molecule has 1 heterocycles. The molecule has 0 unspecified atom stereocenters. The fourth-order valence-corrected chi connectivity index (χ4v) is 2.10. The van der Waals surface area contributed by atoms with Crippen molar-refractivity contribution in [2.45, 2.75) is 13.8 Å². The Bertz CT molecular complexity index is 645. The number of hydrogen-bond acceptors (Lipinski definition) is 3. The standard InChI is InChI=1S/C17H19N3O/c1-4-5-19-16-9-14(10-18-11-16)17(21)20-15-7-12(2)6-13(3)8-15/h4,6-11,19H,1,5H2,2-3H3,(H,20,21). The van der Waals surface area contributed by atoms with Crippen molar-refractivity contribution < 1.29 is 4.79 Å². The maximum Gasteiger partial charge on any atom is 0.257 e. The lowest BCUT2D eigenvalue weighted by Crippen LogP contribution is -2.13. The van der Waals surface area contributed by atoms with Crippen molar-refractivity contribution in [1.29, 1.82) is 0 Å².